The molecule has 0 saturated heterocycles. The molecule has 2 N–H and O–H groups in total. The number of nitrogens with two attached hydrogens (primary N) is 1. The summed E-state index contributed by atoms with van der Waals surface area (Å²) in [6.45, 7) is 14.8. The Balaban J connectivity index is 2.35. The third kappa shape index (κ3) is 4.81. The molecule has 2 heteroatoms. The molecule has 1 aliphatic heterocycles. The van der Waals surface area contributed by atoms with Crippen LogP contribution in [0.1, 0.15) is 47.5 Å². The van der Waals surface area contributed by atoms with E-state index in [4.69, 9.17) is 5.73 Å². The molecule has 100 valence electrons. The van der Waals surface area contributed by atoms with Crippen LogP contribution in [0.2, 0.25) is 0 Å². The number of rotatable bonds is 4. The van der Waals surface area contributed by atoms with Gasteiger partial charge in [-0.3, -0.25) is 4.90 Å². The van der Waals surface area contributed by atoms with Gasteiger partial charge in [0.15, 0.2) is 0 Å². The van der Waals surface area contributed by atoms with Gasteiger partial charge in [0.1, 0.15) is 0 Å². The van der Waals surface area contributed by atoms with E-state index in [1.807, 2.05) is 0 Å². The lowest BCUT2D eigenvalue weighted by molar-refractivity contribution is 0.260. The molecule has 0 saturated carbocycles. The molecular formula is C15H30N2. The molecule has 0 aromatic heterocycles. The van der Waals surface area contributed by atoms with Crippen LogP contribution >= 0.6 is 0 Å². The van der Waals surface area contributed by atoms with Crippen LogP contribution in [0.4, 0.5) is 0 Å². The molecule has 1 aliphatic rings. The van der Waals surface area contributed by atoms with E-state index in [9.17, 15) is 0 Å². The van der Waals surface area contributed by atoms with Crippen LogP contribution in [0, 0.1) is 11.3 Å². The van der Waals surface area contributed by atoms with E-state index in [2.05, 4.69) is 45.6 Å². The molecule has 0 aromatic carbocycles. The molecule has 0 aromatic rings. The summed E-state index contributed by atoms with van der Waals surface area (Å²) >= 11 is 0. The van der Waals surface area contributed by atoms with Crippen LogP contribution in [0.15, 0.2) is 11.6 Å². The van der Waals surface area contributed by atoms with Gasteiger partial charge in [0, 0.05) is 19.1 Å². The van der Waals surface area contributed by atoms with E-state index in [1.165, 1.54) is 13.0 Å². The van der Waals surface area contributed by atoms with Crippen LogP contribution in [0.25, 0.3) is 0 Å². The maximum absolute atomic E-state index is 6.09. The lowest BCUT2D eigenvalue weighted by atomic mass is 9.83. The summed E-state index contributed by atoms with van der Waals surface area (Å²) in [5.41, 5.74) is 8.05. The van der Waals surface area contributed by atoms with Gasteiger partial charge in [-0.25, -0.2) is 0 Å². The highest BCUT2D eigenvalue weighted by molar-refractivity contribution is 5.14. The van der Waals surface area contributed by atoms with E-state index in [0.29, 0.717) is 17.4 Å². The number of nitrogens with zero attached hydrogens (tertiary/aromatic N) is 1. The molecule has 0 amide bonds. The molecule has 0 fully saturated rings. The molecule has 0 spiro atoms. The second-order valence-electron chi connectivity index (χ2n) is 6.73. The Bertz CT molecular complexity index is 261. The molecule has 0 bridgehead atoms. The quantitative estimate of drug-likeness (QED) is 0.763. The lowest BCUT2D eigenvalue weighted by Gasteiger charge is -2.32. The van der Waals surface area contributed by atoms with Gasteiger partial charge in [-0.1, -0.05) is 46.3 Å². The second-order valence-corrected chi connectivity index (χ2v) is 6.73. The monoisotopic (exact) mass is 238 g/mol. The van der Waals surface area contributed by atoms with Crippen LogP contribution in [0.5, 0.6) is 0 Å². The van der Waals surface area contributed by atoms with Gasteiger partial charge in [-0.2, -0.15) is 0 Å². The van der Waals surface area contributed by atoms with Gasteiger partial charge in [-0.15, -0.1) is 0 Å². The van der Waals surface area contributed by atoms with Crippen molar-refractivity contribution in [1.29, 1.82) is 0 Å². The first-order chi connectivity index (χ1) is 7.80. The first kappa shape index (κ1) is 14.7. The normalized spacial score (nSPS) is 20.5. The zero-order valence-electron chi connectivity index (χ0n) is 12.3. The zero-order valence-corrected chi connectivity index (χ0v) is 12.3. The van der Waals surface area contributed by atoms with Crippen molar-refractivity contribution in [2.45, 2.75) is 53.5 Å². The highest BCUT2D eigenvalue weighted by Crippen LogP contribution is 2.30. The number of hydrogen-bond acceptors (Lipinski definition) is 2. The maximum Gasteiger partial charge on any atom is 0.0166 e. The lowest BCUT2D eigenvalue weighted by Crippen LogP contribution is -2.36. The van der Waals surface area contributed by atoms with Crippen molar-refractivity contribution in [2.75, 3.05) is 19.6 Å². The SMILES string of the molecule is CC(C)C(N)CCN1CC=C(C(C)(C)C)CC1. The fourth-order valence-corrected chi connectivity index (χ4v) is 2.26. The average Bonchev–Trinajstić information content (AvgIpc) is 2.25. The Labute approximate surface area is 107 Å². The zero-order chi connectivity index (χ0) is 13.1. The Kier molecular flexibility index (Phi) is 5.21. The molecule has 1 heterocycles. The molecule has 1 unspecified atom stereocenters. The van der Waals surface area contributed by atoms with E-state index >= 15 is 0 Å². The van der Waals surface area contributed by atoms with Crippen molar-refractivity contribution < 1.29 is 0 Å². The largest absolute Gasteiger partial charge is 0.327 e. The molecule has 17 heavy (non-hydrogen) atoms. The van der Waals surface area contributed by atoms with Gasteiger partial charge in [0.25, 0.3) is 0 Å². The first-order valence-corrected chi connectivity index (χ1v) is 6.98. The summed E-state index contributed by atoms with van der Waals surface area (Å²) in [6, 6.07) is 0.350. The van der Waals surface area contributed by atoms with Crippen molar-refractivity contribution in [2.24, 2.45) is 17.1 Å². The minimum Gasteiger partial charge on any atom is -0.327 e. The van der Waals surface area contributed by atoms with Gasteiger partial charge in [0.2, 0.25) is 0 Å². The summed E-state index contributed by atoms with van der Waals surface area (Å²) in [5.74, 6) is 0.598. The Morgan fingerprint density at radius 2 is 2.00 bits per heavy atom. The van der Waals surface area contributed by atoms with Crippen LogP contribution in [-0.4, -0.2) is 30.6 Å². The van der Waals surface area contributed by atoms with Crippen molar-refractivity contribution in [3.05, 3.63) is 11.6 Å². The van der Waals surface area contributed by atoms with Gasteiger partial charge in [0.05, 0.1) is 0 Å². The maximum atomic E-state index is 6.09. The van der Waals surface area contributed by atoms with Crippen LogP contribution in [-0.2, 0) is 0 Å². The predicted molar refractivity (Wildman–Crippen MR) is 76.0 cm³/mol. The van der Waals surface area contributed by atoms with Gasteiger partial charge in [-0.05, 0) is 30.7 Å². The summed E-state index contributed by atoms with van der Waals surface area (Å²) < 4.78 is 0. The third-order valence-electron chi connectivity index (χ3n) is 3.89. The highest BCUT2D eigenvalue weighted by Gasteiger charge is 2.21. The molecule has 0 radical (unpaired) electrons. The predicted octanol–water partition coefficient (Wildman–Crippen LogP) is 3.04. The topological polar surface area (TPSA) is 29.3 Å². The molecule has 2 nitrogen and oxygen atoms in total. The fraction of sp³-hybridized carbons (Fsp3) is 0.867. The Hall–Kier alpha value is -0.340. The van der Waals surface area contributed by atoms with Crippen molar-refractivity contribution >= 4 is 0 Å². The highest BCUT2D eigenvalue weighted by atomic mass is 15.1. The van der Waals surface area contributed by atoms with E-state index in [-0.39, 0.29) is 0 Å². The molecule has 1 atom stereocenters. The second kappa shape index (κ2) is 6.01. The summed E-state index contributed by atoms with van der Waals surface area (Å²) in [7, 11) is 0. The fourth-order valence-electron chi connectivity index (χ4n) is 2.26. The van der Waals surface area contributed by atoms with E-state index in [1.54, 1.807) is 5.57 Å². The molecular weight excluding hydrogens is 208 g/mol. The van der Waals surface area contributed by atoms with E-state index in [0.717, 1.165) is 19.5 Å². The molecule has 0 aliphatic carbocycles. The minimum absolute atomic E-state index is 0.348. The standard InChI is InChI=1S/C15H30N2/c1-12(2)14(16)8-11-17-9-6-13(7-10-17)15(3,4)5/h6,12,14H,7-11,16H2,1-5H3. The average molecular weight is 238 g/mol. The Morgan fingerprint density at radius 3 is 2.41 bits per heavy atom. The number of hydrogen-bond donors (Lipinski definition) is 1. The Morgan fingerprint density at radius 1 is 1.35 bits per heavy atom. The van der Waals surface area contributed by atoms with E-state index < -0.39 is 0 Å². The van der Waals surface area contributed by atoms with Crippen molar-refractivity contribution in [1.82, 2.24) is 4.90 Å². The smallest absolute Gasteiger partial charge is 0.0166 e. The van der Waals surface area contributed by atoms with Crippen molar-refractivity contribution in [3.8, 4) is 0 Å². The first-order valence-electron chi connectivity index (χ1n) is 6.98. The van der Waals surface area contributed by atoms with Crippen LogP contribution in [0.3, 0.4) is 0 Å². The third-order valence-corrected chi connectivity index (χ3v) is 3.89. The summed E-state index contributed by atoms with van der Waals surface area (Å²) in [4.78, 5) is 2.53. The van der Waals surface area contributed by atoms with Gasteiger partial charge < -0.3 is 5.73 Å². The summed E-state index contributed by atoms with van der Waals surface area (Å²) in [5, 5.41) is 0. The molecule has 1 rings (SSSR count). The van der Waals surface area contributed by atoms with Gasteiger partial charge >= 0.3 is 0 Å². The minimum atomic E-state index is 0.348. The van der Waals surface area contributed by atoms with Crippen molar-refractivity contribution in [3.63, 3.8) is 0 Å². The van der Waals surface area contributed by atoms with Crippen LogP contribution < -0.4 is 5.73 Å². The summed E-state index contributed by atoms with van der Waals surface area (Å²) in [6.07, 6.45) is 4.77.